The first-order chi connectivity index (χ1) is 9.74. The summed E-state index contributed by atoms with van der Waals surface area (Å²) < 4.78 is 0. The first-order valence-corrected chi connectivity index (χ1v) is 8.27. The SMILES string of the molecule is Cc1ccc(C)c(CN2CCCCC2C2CCCN2)c1. The molecule has 3 rings (SSSR count). The van der Waals surface area contributed by atoms with Gasteiger partial charge in [-0.1, -0.05) is 30.2 Å². The normalized spacial score (nSPS) is 27.9. The molecule has 110 valence electrons. The first kappa shape index (κ1) is 14.1. The average Bonchev–Trinajstić information content (AvgIpc) is 2.97. The summed E-state index contributed by atoms with van der Waals surface area (Å²) in [5.41, 5.74) is 4.35. The lowest BCUT2D eigenvalue weighted by molar-refractivity contribution is 0.112. The van der Waals surface area contributed by atoms with Gasteiger partial charge in [-0.05, 0) is 63.7 Å². The third kappa shape index (κ3) is 3.07. The minimum absolute atomic E-state index is 0.736. The summed E-state index contributed by atoms with van der Waals surface area (Å²) in [6.45, 7) is 8.09. The van der Waals surface area contributed by atoms with Crippen molar-refractivity contribution in [1.82, 2.24) is 10.2 Å². The van der Waals surface area contributed by atoms with Gasteiger partial charge in [-0.2, -0.15) is 0 Å². The monoisotopic (exact) mass is 272 g/mol. The Bertz CT molecular complexity index is 449. The molecule has 2 aliphatic heterocycles. The highest BCUT2D eigenvalue weighted by atomic mass is 15.2. The fourth-order valence-corrected chi connectivity index (χ4v) is 3.90. The standard InChI is InChI=1S/C18H28N2/c1-14-8-9-15(2)16(12-14)13-20-11-4-3-7-18(20)17-6-5-10-19-17/h8-9,12,17-19H,3-7,10-11,13H2,1-2H3. The maximum atomic E-state index is 3.73. The fourth-order valence-electron chi connectivity index (χ4n) is 3.90. The molecular weight excluding hydrogens is 244 g/mol. The van der Waals surface area contributed by atoms with Crippen molar-refractivity contribution >= 4 is 0 Å². The smallest absolute Gasteiger partial charge is 0.0252 e. The van der Waals surface area contributed by atoms with Crippen molar-refractivity contribution in [2.24, 2.45) is 0 Å². The van der Waals surface area contributed by atoms with Crippen molar-refractivity contribution in [1.29, 1.82) is 0 Å². The number of nitrogens with zero attached hydrogens (tertiary/aromatic N) is 1. The number of nitrogens with one attached hydrogen (secondary N) is 1. The topological polar surface area (TPSA) is 15.3 Å². The van der Waals surface area contributed by atoms with Crippen LogP contribution in [0.3, 0.4) is 0 Å². The van der Waals surface area contributed by atoms with Gasteiger partial charge in [-0.15, -0.1) is 0 Å². The minimum atomic E-state index is 0.736. The number of hydrogen-bond donors (Lipinski definition) is 1. The number of benzene rings is 1. The molecule has 2 aliphatic rings. The molecule has 2 saturated heterocycles. The quantitative estimate of drug-likeness (QED) is 0.907. The molecule has 0 amide bonds. The van der Waals surface area contributed by atoms with Gasteiger partial charge < -0.3 is 5.32 Å². The maximum absolute atomic E-state index is 3.73. The molecule has 0 radical (unpaired) electrons. The Balaban J connectivity index is 1.74. The van der Waals surface area contributed by atoms with Crippen LogP contribution in [0, 0.1) is 13.8 Å². The minimum Gasteiger partial charge on any atom is -0.312 e. The van der Waals surface area contributed by atoms with Gasteiger partial charge in [0.15, 0.2) is 0 Å². The van der Waals surface area contributed by atoms with Crippen molar-refractivity contribution in [3.8, 4) is 0 Å². The number of rotatable bonds is 3. The van der Waals surface area contributed by atoms with E-state index in [9.17, 15) is 0 Å². The highest BCUT2D eigenvalue weighted by Gasteiger charge is 2.31. The van der Waals surface area contributed by atoms with Crippen LogP contribution in [-0.2, 0) is 6.54 Å². The van der Waals surface area contributed by atoms with Gasteiger partial charge in [0.25, 0.3) is 0 Å². The van der Waals surface area contributed by atoms with Crippen LogP contribution >= 0.6 is 0 Å². The van der Waals surface area contributed by atoms with Crippen molar-refractivity contribution in [2.75, 3.05) is 13.1 Å². The molecule has 2 fully saturated rings. The molecule has 1 aromatic carbocycles. The molecule has 0 aromatic heterocycles. The largest absolute Gasteiger partial charge is 0.312 e. The van der Waals surface area contributed by atoms with Crippen LogP contribution in [-0.4, -0.2) is 30.1 Å². The van der Waals surface area contributed by atoms with E-state index in [4.69, 9.17) is 0 Å². The van der Waals surface area contributed by atoms with Gasteiger partial charge in [-0.3, -0.25) is 4.90 Å². The zero-order valence-electron chi connectivity index (χ0n) is 13.0. The molecular formula is C18H28N2. The summed E-state index contributed by atoms with van der Waals surface area (Å²) in [6.07, 6.45) is 6.88. The molecule has 0 bridgehead atoms. The van der Waals surface area contributed by atoms with E-state index in [1.807, 2.05) is 0 Å². The van der Waals surface area contributed by atoms with Gasteiger partial charge in [0.1, 0.15) is 0 Å². The van der Waals surface area contributed by atoms with Gasteiger partial charge in [0, 0.05) is 18.6 Å². The zero-order chi connectivity index (χ0) is 13.9. The molecule has 2 heteroatoms. The molecule has 1 aromatic rings. The highest BCUT2D eigenvalue weighted by molar-refractivity contribution is 5.30. The van der Waals surface area contributed by atoms with Crippen molar-refractivity contribution < 1.29 is 0 Å². The lowest BCUT2D eigenvalue weighted by atomic mass is 9.93. The molecule has 0 saturated carbocycles. The maximum Gasteiger partial charge on any atom is 0.0252 e. The van der Waals surface area contributed by atoms with Gasteiger partial charge in [-0.25, -0.2) is 0 Å². The van der Waals surface area contributed by atoms with Gasteiger partial charge >= 0.3 is 0 Å². The molecule has 2 unspecified atom stereocenters. The lowest BCUT2D eigenvalue weighted by Gasteiger charge is -2.39. The predicted octanol–water partition coefficient (Wildman–Crippen LogP) is 3.41. The molecule has 1 N–H and O–H groups in total. The van der Waals surface area contributed by atoms with E-state index < -0.39 is 0 Å². The van der Waals surface area contributed by atoms with Crippen LogP contribution in [0.15, 0.2) is 18.2 Å². The van der Waals surface area contributed by atoms with Crippen molar-refractivity contribution in [3.05, 3.63) is 34.9 Å². The summed E-state index contributed by atoms with van der Waals surface area (Å²) >= 11 is 0. The van der Waals surface area contributed by atoms with Crippen LogP contribution in [0.1, 0.15) is 48.8 Å². The Morgan fingerprint density at radius 1 is 1.15 bits per heavy atom. The highest BCUT2D eigenvalue weighted by Crippen LogP contribution is 2.26. The van der Waals surface area contributed by atoms with E-state index in [1.165, 1.54) is 61.9 Å². The van der Waals surface area contributed by atoms with E-state index in [1.54, 1.807) is 0 Å². The number of piperidine rings is 1. The molecule has 2 atom stereocenters. The van der Waals surface area contributed by atoms with Gasteiger partial charge in [0.05, 0.1) is 0 Å². The third-order valence-corrected chi connectivity index (χ3v) is 5.11. The number of hydrogen-bond acceptors (Lipinski definition) is 2. The predicted molar refractivity (Wildman–Crippen MR) is 85.0 cm³/mol. The first-order valence-electron chi connectivity index (χ1n) is 8.27. The second kappa shape index (κ2) is 6.28. The van der Waals surface area contributed by atoms with Crippen LogP contribution in [0.5, 0.6) is 0 Å². The van der Waals surface area contributed by atoms with E-state index in [0.717, 1.165) is 18.6 Å². The van der Waals surface area contributed by atoms with Crippen LogP contribution in [0.2, 0.25) is 0 Å². The summed E-state index contributed by atoms with van der Waals surface area (Å²) in [7, 11) is 0. The molecule has 0 spiro atoms. The molecule has 2 heterocycles. The Kier molecular flexibility index (Phi) is 4.42. The summed E-state index contributed by atoms with van der Waals surface area (Å²) in [4.78, 5) is 2.74. The van der Waals surface area contributed by atoms with E-state index in [-0.39, 0.29) is 0 Å². The van der Waals surface area contributed by atoms with Gasteiger partial charge in [0.2, 0.25) is 0 Å². The van der Waals surface area contributed by atoms with E-state index in [0.29, 0.717) is 0 Å². The second-order valence-corrected chi connectivity index (χ2v) is 6.67. The number of likely N-dealkylation sites (tertiary alicyclic amines) is 1. The summed E-state index contributed by atoms with van der Waals surface area (Å²) in [5, 5.41) is 3.73. The second-order valence-electron chi connectivity index (χ2n) is 6.67. The molecule has 2 nitrogen and oxygen atoms in total. The average molecular weight is 272 g/mol. The van der Waals surface area contributed by atoms with E-state index in [2.05, 4.69) is 42.3 Å². The lowest BCUT2D eigenvalue weighted by Crippen LogP contribution is -2.49. The van der Waals surface area contributed by atoms with Crippen LogP contribution in [0.25, 0.3) is 0 Å². The summed E-state index contributed by atoms with van der Waals surface area (Å²) in [6, 6.07) is 8.37. The Hall–Kier alpha value is -0.860. The van der Waals surface area contributed by atoms with Crippen LogP contribution in [0.4, 0.5) is 0 Å². The summed E-state index contributed by atoms with van der Waals surface area (Å²) in [5.74, 6) is 0. The Morgan fingerprint density at radius 2 is 2.05 bits per heavy atom. The van der Waals surface area contributed by atoms with Crippen LogP contribution < -0.4 is 5.32 Å². The van der Waals surface area contributed by atoms with E-state index >= 15 is 0 Å². The number of aryl methyl sites for hydroxylation is 2. The fraction of sp³-hybridized carbons (Fsp3) is 0.667. The Labute approximate surface area is 123 Å². The third-order valence-electron chi connectivity index (χ3n) is 5.11. The van der Waals surface area contributed by atoms with Crippen molar-refractivity contribution in [3.63, 3.8) is 0 Å². The molecule has 20 heavy (non-hydrogen) atoms. The van der Waals surface area contributed by atoms with Crippen molar-refractivity contribution in [2.45, 2.75) is 64.6 Å². The molecule has 0 aliphatic carbocycles. The Morgan fingerprint density at radius 3 is 2.85 bits per heavy atom. The zero-order valence-corrected chi connectivity index (χ0v) is 13.0.